The van der Waals surface area contributed by atoms with Gasteiger partial charge in [0.1, 0.15) is 4.88 Å². The monoisotopic (exact) mass is 477 g/mol. The van der Waals surface area contributed by atoms with Crippen LogP contribution in [0.4, 0.5) is 10.8 Å². The van der Waals surface area contributed by atoms with Crippen LogP contribution in [0.3, 0.4) is 0 Å². The van der Waals surface area contributed by atoms with Crippen molar-refractivity contribution in [3.63, 3.8) is 0 Å². The standard InChI is InChI=1S/C23H31N3O4S2/c1-5-7-8-12-26(23-24-17(4)21(32-23)22(29)30-6-2)20(28)15-31-14-19(27)25-18-11-9-10-16(3)13-18/h9-11,13H,5-8,12,14-15H2,1-4H3,(H,25,27). The second-order valence-corrected chi connectivity index (χ2v) is 9.26. The number of amides is 2. The van der Waals surface area contributed by atoms with Gasteiger partial charge in [-0.15, -0.1) is 11.8 Å². The minimum atomic E-state index is -0.420. The van der Waals surface area contributed by atoms with E-state index in [9.17, 15) is 14.4 Å². The number of anilines is 2. The van der Waals surface area contributed by atoms with E-state index in [1.54, 1.807) is 18.7 Å². The average Bonchev–Trinajstić information content (AvgIpc) is 3.12. The van der Waals surface area contributed by atoms with Crippen molar-refractivity contribution in [1.29, 1.82) is 0 Å². The number of nitrogens with zero attached hydrogens (tertiary/aromatic N) is 2. The van der Waals surface area contributed by atoms with Crippen molar-refractivity contribution < 1.29 is 19.1 Å². The van der Waals surface area contributed by atoms with Crippen molar-refractivity contribution in [2.24, 2.45) is 0 Å². The van der Waals surface area contributed by atoms with Gasteiger partial charge in [-0.05, 0) is 44.9 Å². The lowest BCUT2D eigenvalue weighted by atomic mass is 10.2. The van der Waals surface area contributed by atoms with Gasteiger partial charge >= 0.3 is 5.97 Å². The Morgan fingerprint density at radius 3 is 2.62 bits per heavy atom. The number of thioether (sulfide) groups is 1. The van der Waals surface area contributed by atoms with Crippen molar-refractivity contribution in [1.82, 2.24) is 4.98 Å². The molecule has 0 atom stereocenters. The van der Waals surface area contributed by atoms with E-state index in [1.165, 1.54) is 23.1 Å². The molecular weight excluding hydrogens is 446 g/mol. The smallest absolute Gasteiger partial charge is 0.350 e. The first kappa shape index (κ1) is 25.9. The number of ether oxygens (including phenoxy) is 1. The second-order valence-electron chi connectivity index (χ2n) is 7.29. The fraction of sp³-hybridized carbons (Fsp3) is 0.478. The molecule has 1 aromatic heterocycles. The summed E-state index contributed by atoms with van der Waals surface area (Å²) in [6.45, 7) is 8.36. The van der Waals surface area contributed by atoms with Gasteiger partial charge in [-0.2, -0.15) is 0 Å². The van der Waals surface area contributed by atoms with E-state index in [-0.39, 0.29) is 29.9 Å². The predicted octanol–water partition coefficient (Wildman–Crippen LogP) is 4.83. The third-order valence-corrected chi connectivity index (χ3v) is 6.60. The van der Waals surface area contributed by atoms with Crippen molar-refractivity contribution in [3.05, 3.63) is 40.4 Å². The Kier molecular flexibility index (Phi) is 10.7. The van der Waals surface area contributed by atoms with Crippen LogP contribution in [0.5, 0.6) is 0 Å². The number of hydrogen-bond donors (Lipinski definition) is 1. The van der Waals surface area contributed by atoms with Gasteiger partial charge in [0, 0.05) is 12.2 Å². The molecule has 2 rings (SSSR count). The molecule has 0 bridgehead atoms. The van der Waals surface area contributed by atoms with Crippen molar-refractivity contribution in [2.75, 3.05) is 34.9 Å². The summed E-state index contributed by atoms with van der Waals surface area (Å²) in [6, 6.07) is 7.58. The third kappa shape index (κ3) is 7.94. The number of carbonyl (C=O) groups excluding carboxylic acids is 3. The molecule has 1 aromatic carbocycles. The normalized spacial score (nSPS) is 10.6. The van der Waals surface area contributed by atoms with E-state index in [4.69, 9.17) is 4.74 Å². The van der Waals surface area contributed by atoms with E-state index in [1.807, 2.05) is 31.2 Å². The van der Waals surface area contributed by atoms with Gasteiger partial charge in [0.05, 0.1) is 23.8 Å². The maximum absolute atomic E-state index is 13.0. The van der Waals surface area contributed by atoms with Gasteiger partial charge in [-0.1, -0.05) is 43.2 Å². The summed E-state index contributed by atoms with van der Waals surface area (Å²) in [5, 5.41) is 3.34. The largest absolute Gasteiger partial charge is 0.462 e. The molecule has 0 aliphatic carbocycles. The van der Waals surface area contributed by atoms with Crippen LogP contribution in [0, 0.1) is 13.8 Å². The lowest BCUT2D eigenvalue weighted by Gasteiger charge is -2.19. The van der Waals surface area contributed by atoms with E-state index < -0.39 is 5.97 Å². The number of esters is 1. The molecule has 0 spiro atoms. The predicted molar refractivity (Wildman–Crippen MR) is 132 cm³/mol. The fourth-order valence-corrected chi connectivity index (χ4v) is 4.65. The van der Waals surface area contributed by atoms with Crippen molar-refractivity contribution in [3.8, 4) is 0 Å². The van der Waals surface area contributed by atoms with Gasteiger partial charge in [0.2, 0.25) is 11.8 Å². The van der Waals surface area contributed by atoms with Gasteiger partial charge in [-0.3, -0.25) is 14.5 Å². The molecule has 1 N–H and O–H groups in total. The van der Waals surface area contributed by atoms with Crippen LogP contribution in [0.1, 0.15) is 54.0 Å². The molecule has 0 aliphatic rings. The number of aryl methyl sites for hydroxylation is 2. The highest BCUT2D eigenvalue weighted by molar-refractivity contribution is 8.00. The summed E-state index contributed by atoms with van der Waals surface area (Å²) in [6.07, 6.45) is 2.86. The molecule has 0 saturated carbocycles. The zero-order valence-electron chi connectivity index (χ0n) is 19.1. The highest BCUT2D eigenvalue weighted by Gasteiger charge is 2.23. The quantitative estimate of drug-likeness (QED) is 0.348. The lowest BCUT2D eigenvalue weighted by Crippen LogP contribution is -2.33. The Balaban J connectivity index is 1.99. The third-order valence-electron chi connectivity index (χ3n) is 4.52. The maximum Gasteiger partial charge on any atom is 0.350 e. The number of hydrogen-bond acceptors (Lipinski definition) is 7. The molecule has 1 heterocycles. The van der Waals surface area contributed by atoms with Crippen LogP contribution < -0.4 is 10.2 Å². The first-order valence-electron chi connectivity index (χ1n) is 10.7. The topological polar surface area (TPSA) is 88.6 Å². The summed E-state index contributed by atoms with van der Waals surface area (Å²) >= 11 is 2.44. The van der Waals surface area contributed by atoms with E-state index >= 15 is 0 Å². The minimum Gasteiger partial charge on any atom is -0.462 e. The molecule has 32 heavy (non-hydrogen) atoms. The molecule has 2 amide bonds. The zero-order chi connectivity index (χ0) is 23.5. The van der Waals surface area contributed by atoms with Crippen LogP contribution in [0.15, 0.2) is 24.3 Å². The Labute approximate surface area is 197 Å². The summed E-state index contributed by atoms with van der Waals surface area (Å²) < 4.78 is 5.09. The SMILES string of the molecule is CCCCCN(C(=O)CSCC(=O)Nc1cccc(C)c1)c1nc(C)c(C(=O)OCC)s1. The number of nitrogens with one attached hydrogen (secondary N) is 1. The molecule has 0 radical (unpaired) electrons. The molecule has 0 fully saturated rings. The Hall–Kier alpha value is -2.39. The lowest BCUT2D eigenvalue weighted by molar-refractivity contribution is -0.116. The van der Waals surface area contributed by atoms with Crippen molar-refractivity contribution in [2.45, 2.75) is 47.0 Å². The first-order chi connectivity index (χ1) is 15.3. The van der Waals surface area contributed by atoms with Crippen LogP contribution in [0.25, 0.3) is 0 Å². The Bertz CT molecular complexity index is 930. The molecule has 2 aromatic rings. The summed E-state index contributed by atoms with van der Waals surface area (Å²) in [5.74, 6) is -0.370. The zero-order valence-corrected chi connectivity index (χ0v) is 20.7. The summed E-state index contributed by atoms with van der Waals surface area (Å²) in [4.78, 5) is 43.8. The Morgan fingerprint density at radius 2 is 1.94 bits per heavy atom. The van der Waals surface area contributed by atoms with E-state index in [0.29, 0.717) is 22.2 Å². The first-order valence-corrected chi connectivity index (χ1v) is 12.7. The molecular formula is C23H31N3O4S2. The average molecular weight is 478 g/mol. The minimum absolute atomic E-state index is 0.126. The second kappa shape index (κ2) is 13.2. The van der Waals surface area contributed by atoms with Crippen LogP contribution in [-0.2, 0) is 14.3 Å². The number of rotatable bonds is 12. The van der Waals surface area contributed by atoms with Gasteiger partial charge in [0.25, 0.3) is 0 Å². The molecule has 0 unspecified atom stereocenters. The van der Waals surface area contributed by atoms with Crippen LogP contribution >= 0.6 is 23.1 Å². The maximum atomic E-state index is 13.0. The van der Waals surface area contributed by atoms with Gasteiger partial charge < -0.3 is 10.1 Å². The number of benzene rings is 1. The molecule has 0 saturated heterocycles. The van der Waals surface area contributed by atoms with Gasteiger partial charge in [-0.25, -0.2) is 9.78 Å². The summed E-state index contributed by atoms with van der Waals surface area (Å²) in [7, 11) is 0. The Morgan fingerprint density at radius 1 is 1.16 bits per heavy atom. The van der Waals surface area contributed by atoms with E-state index in [0.717, 1.165) is 30.5 Å². The highest BCUT2D eigenvalue weighted by Crippen LogP contribution is 2.28. The van der Waals surface area contributed by atoms with Crippen molar-refractivity contribution >= 4 is 51.7 Å². The number of carbonyl (C=O) groups is 3. The molecule has 9 heteroatoms. The molecule has 0 aliphatic heterocycles. The fourth-order valence-electron chi connectivity index (χ4n) is 2.96. The molecule has 174 valence electrons. The summed E-state index contributed by atoms with van der Waals surface area (Å²) in [5.41, 5.74) is 2.36. The van der Waals surface area contributed by atoms with E-state index in [2.05, 4.69) is 17.2 Å². The van der Waals surface area contributed by atoms with Crippen LogP contribution in [-0.4, -0.2) is 47.4 Å². The number of unbranched alkanes of at least 4 members (excludes halogenated alkanes) is 2. The van der Waals surface area contributed by atoms with Gasteiger partial charge in [0.15, 0.2) is 5.13 Å². The highest BCUT2D eigenvalue weighted by atomic mass is 32.2. The number of aromatic nitrogens is 1. The molecule has 7 nitrogen and oxygen atoms in total. The number of thiazole rings is 1. The van der Waals surface area contributed by atoms with Crippen LogP contribution in [0.2, 0.25) is 0 Å².